The minimum atomic E-state index is -1.28. The van der Waals surface area contributed by atoms with E-state index >= 15 is 4.39 Å². The summed E-state index contributed by atoms with van der Waals surface area (Å²) in [6, 6.07) is -0.892. The molecule has 3 heterocycles. The van der Waals surface area contributed by atoms with Crippen LogP contribution in [-0.4, -0.2) is 68.9 Å². The number of aromatic nitrogens is 2. The van der Waals surface area contributed by atoms with Gasteiger partial charge in [0.05, 0.1) is 30.1 Å². The molecule has 2 aromatic rings. The number of nitrogens with one attached hydrogen (secondary N) is 1. The number of carbonyl (C=O) groups excluding carboxylic acids is 3. The summed E-state index contributed by atoms with van der Waals surface area (Å²) in [6.07, 6.45) is 4.43. The second-order valence-corrected chi connectivity index (χ2v) is 13.1. The molecule has 44 heavy (non-hydrogen) atoms. The van der Waals surface area contributed by atoms with Gasteiger partial charge in [-0.3, -0.25) is 9.20 Å². The van der Waals surface area contributed by atoms with Crippen molar-refractivity contribution in [2.75, 3.05) is 13.2 Å². The van der Waals surface area contributed by atoms with E-state index < -0.39 is 64.3 Å². The summed E-state index contributed by atoms with van der Waals surface area (Å²) in [5.74, 6) is -3.52. The van der Waals surface area contributed by atoms with Gasteiger partial charge in [-0.25, -0.2) is 28.1 Å². The monoisotopic (exact) mass is 618 g/mol. The number of hydrogen-bond donors (Lipinski definition) is 1. The molecule has 4 rings (SSSR count). The van der Waals surface area contributed by atoms with Crippen LogP contribution in [0.15, 0.2) is 17.1 Å². The molecular formula is C31H40F2N4O7. The van der Waals surface area contributed by atoms with Crippen LogP contribution in [0.25, 0.3) is 11.6 Å². The minimum Gasteiger partial charge on any atom is -0.461 e. The minimum absolute atomic E-state index is 0.0167. The Hall–Kier alpha value is -4.03. The summed E-state index contributed by atoms with van der Waals surface area (Å²) in [5.41, 5.74) is -2.70. The van der Waals surface area contributed by atoms with Crippen LogP contribution in [0.2, 0.25) is 0 Å². The first-order chi connectivity index (χ1) is 20.5. The Labute approximate surface area is 254 Å². The molecule has 11 nitrogen and oxygen atoms in total. The molecule has 2 fully saturated rings. The van der Waals surface area contributed by atoms with Gasteiger partial charge in [0.15, 0.2) is 11.6 Å². The summed E-state index contributed by atoms with van der Waals surface area (Å²) in [7, 11) is 0. The fourth-order valence-electron chi connectivity index (χ4n) is 5.09. The van der Waals surface area contributed by atoms with Crippen molar-refractivity contribution in [2.24, 2.45) is 0 Å². The molecule has 0 spiro atoms. The van der Waals surface area contributed by atoms with Crippen LogP contribution in [0.1, 0.15) is 102 Å². The number of amides is 2. The molecule has 240 valence electrons. The van der Waals surface area contributed by atoms with Crippen molar-refractivity contribution in [3.05, 3.63) is 51.2 Å². The smallest absolute Gasteiger partial charge is 0.410 e. The van der Waals surface area contributed by atoms with E-state index in [4.69, 9.17) is 14.2 Å². The van der Waals surface area contributed by atoms with Gasteiger partial charge in [-0.15, -0.1) is 0 Å². The summed E-state index contributed by atoms with van der Waals surface area (Å²) < 4.78 is 47.0. The van der Waals surface area contributed by atoms with Crippen LogP contribution in [0.3, 0.4) is 0 Å². The molecule has 0 radical (unpaired) electrons. The van der Waals surface area contributed by atoms with Gasteiger partial charge in [-0.2, -0.15) is 0 Å². The number of carbonyl (C=O) groups is 3. The van der Waals surface area contributed by atoms with E-state index in [2.05, 4.69) is 10.3 Å². The highest BCUT2D eigenvalue weighted by Crippen LogP contribution is 2.42. The molecule has 0 aromatic carbocycles. The number of alkyl carbamates (subject to hydrolysis) is 1. The molecule has 13 heteroatoms. The van der Waals surface area contributed by atoms with Crippen LogP contribution in [-0.2, 0) is 14.2 Å². The maximum Gasteiger partial charge on any atom is 0.410 e. The fourth-order valence-corrected chi connectivity index (χ4v) is 5.09. The lowest BCUT2D eigenvalue weighted by Crippen LogP contribution is -2.43. The highest BCUT2D eigenvalue weighted by molar-refractivity contribution is 5.88. The third-order valence-corrected chi connectivity index (χ3v) is 6.97. The van der Waals surface area contributed by atoms with Crippen LogP contribution in [0.5, 0.6) is 0 Å². The van der Waals surface area contributed by atoms with Gasteiger partial charge < -0.3 is 24.4 Å². The Morgan fingerprint density at radius 3 is 2.34 bits per heavy atom. The molecule has 1 aliphatic carbocycles. The molecule has 1 saturated carbocycles. The Morgan fingerprint density at radius 1 is 1.09 bits per heavy atom. The van der Waals surface area contributed by atoms with Crippen molar-refractivity contribution in [1.82, 2.24) is 19.6 Å². The molecule has 2 atom stereocenters. The molecule has 2 amide bonds. The Balaban J connectivity index is 1.67. The highest BCUT2D eigenvalue weighted by Gasteiger charge is 2.38. The first-order valence-electron chi connectivity index (χ1n) is 14.8. The van der Waals surface area contributed by atoms with E-state index in [1.165, 1.54) is 11.0 Å². The Morgan fingerprint density at radius 2 is 1.75 bits per heavy atom. The lowest BCUT2D eigenvalue weighted by atomic mass is 10.1. The van der Waals surface area contributed by atoms with Crippen LogP contribution in [0.4, 0.5) is 18.4 Å². The third kappa shape index (κ3) is 7.72. The molecule has 1 N–H and O–H groups in total. The summed E-state index contributed by atoms with van der Waals surface area (Å²) in [5, 5.41) is 2.79. The van der Waals surface area contributed by atoms with Crippen molar-refractivity contribution in [1.29, 1.82) is 0 Å². The first-order valence-corrected chi connectivity index (χ1v) is 14.8. The number of likely N-dealkylation sites (tertiary alicyclic amines) is 1. The average Bonchev–Trinajstić information content (AvgIpc) is 3.65. The van der Waals surface area contributed by atoms with E-state index in [1.807, 2.05) is 0 Å². The maximum absolute atomic E-state index is 15.3. The lowest BCUT2D eigenvalue weighted by molar-refractivity contribution is 0.0220. The second kappa shape index (κ2) is 12.5. The van der Waals surface area contributed by atoms with Crippen molar-refractivity contribution >= 4 is 29.7 Å². The number of ether oxygens (including phenoxy) is 3. The summed E-state index contributed by atoms with van der Waals surface area (Å²) >= 11 is 0. The van der Waals surface area contributed by atoms with E-state index in [1.54, 1.807) is 54.5 Å². The van der Waals surface area contributed by atoms with Crippen molar-refractivity contribution < 1.29 is 37.4 Å². The van der Waals surface area contributed by atoms with E-state index in [-0.39, 0.29) is 36.6 Å². The predicted octanol–water partition coefficient (Wildman–Crippen LogP) is 5.33. The quantitative estimate of drug-likeness (QED) is 0.326. The lowest BCUT2D eigenvalue weighted by Gasteiger charge is -2.28. The van der Waals surface area contributed by atoms with Gasteiger partial charge in [0, 0.05) is 24.1 Å². The standard InChI is InChI=1S/C31H40F2N4O7/c1-8-42-27(39)24-26(38)37-16-21(32)22(33)20(25(37)23(35-24)17-12-13-17)11-9-10-19-14-18(34-28(40)43-30(2,3)4)15-36(19)29(41)44-31(5,6)7/h9,11,16-19H,8,10,12-15H2,1-7H3,(H,34,40)/b11-9-/t18-,19+/m0/s1. The summed E-state index contributed by atoms with van der Waals surface area (Å²) in [6.45, 7) is 12.2. The number of pyridine rings is 1. The van der Waals surface area contributed by atoms with Gasteiger partial charge in [0.2, 0.25) is 5.69 Å². The number of rotatable bonds is 7. The third-order valence-electron chi connectivity index (χ3n) is 6.97. The number of nitrogens with zero attached hydrogens (tertiary/aromatic N) is 3. The van der Waals surface area contributed by atoms with Crippen LogP contribution in [0, 0.1) is 11.6 Å². The largest absolute Gasteiger partial charge is 0.461 e. The second-order valence-electron chi connectivity index (χ2n) is 13.1. The molecular weight excluding hydrogens is 578 g/mol. The number of hydrogen-bond acceptors (Lipinski definition) is 8. The SMILES string of the molecule is CCOC(=O)c1nc(C2CC2)c2c(/C=C\C[C@@H]3C[C@H](NC(=O)OC(C)(C)C)CN3C(=O)OC(C)(C)C)c(F)c(F)cn2c1=O. The number of esters is 1. The van der Waals surface area contributed by atoms with Gasteiger partial charge in [0.1, 0.15) is 11.2 Å². The molecule has 1 saturated heterocycles. The summed E-state index contributed by atoms with van der Waals surface area (Å²) in [4.78, 5) is 56.9. The van der Waals surface area contributed by atoms with Crippen molar-refractivity contribution in [3.63, 3.8) is 0 Å². The van der Waals surface area contributed by atoms with Crippen LogP contribution < -0.4 is 10.9 Å². The fraction of sp³-hybridized carbons (Fsp3) is 0.581. The van der Waals surface area contributed by atoms with Crippen LogP contribution >= 0.6 is 0 Å². The van der Waals surface area contributed by atoms with Crippen molar-refractivity contribution in [2.45, 2.75) is 103 Å². The van der Waals surface area contributed by atoms with Gasteiger partial charge >= 0.3 is 18.2 Å². The molecule has 0 bridgehead atoms. The van der Waals surface area contributed by atoms with E-state index in [0.717, 1.165) is 10.6 Å². The number of halogens is 2. The number of fused-ring (bicyclic) bond motifs is 1. The van der Waals surface area contributed by atoms with Gasteiger partial charge in [-0.05, 0) is 74.1 Å². The van der Waals surface area contributed by atoms with Gasteiger partial charge in [0.25, 0.3) is 5.56 Å². The molecule has 0 unspecified atom stereocenters. The first kappa shape index (κ1) is 32.9. The van der Waals surface area contributed by atoms with E-state index in [9.17, 15) is 23.6 Å². The van der Waals surface area contributed by atoms with E-state index in [0.29, 0.717) is 25.0 Å². The van der Waals surface area contributed by atoms with Gasteiger partial charge in [-0.1, -0.05) is 12.2 Å². The normalized spacial score (nSPS) is 19.0. The van der Waals surface area contributed by atoms with Crippen molar-refractivity contribution in [3.8, 4) is 0 Å². The topological polar surface area (TPSA) is 129 Å². The Bertz CT molecular complexity index is 1540. The Kier molecular flexibility index (Phi) is 9.36. The zero-order valence-electron chi connectivity index (χ0n) is 26.2. The zero-order valence-corrected chi connectivity index (χ0v) is 26.2. The molecule has 2 aromatic heterocycles. The highest BCUT2D eigenvalue weighted by atomic mass is 19.2. The molecule has 2 aliphatic rings. The molecule has 1 aliphatic heterocycles. The zero-order chi connectivity index (χ0) is 32.6. The maximum atomic E-state index is 15.3. The average molecular weight is 619 g/mol. The predicted molar refractivity (Wildman–Crippen MR) is 157 cm³/mol.